The Hall–Kier alpha value is -4.10. The van der Waals surface area contributed by atoms with Crippen LogP contribution in [0.5, 0.6) is 0 Å². The van der Waals surface area contributed by atoms with Gasteiger partial charge in [-0.05, 0) is 81.0 Å². The van der Waals surface area contributed by atoms with Crippen LogP contribution in [0.1, 0.15) is 71.8 Å². The van der Waals surface area contributed by atoms with Crippen LogP contribution in [-0.4, -0.2) is 110 Å². The molecule has 294 valence electrons. The number of hydrogen-bond donors (Lipinski definition) is 8. The maximum absolute atomic E-state index is 14.2. The third-order valence-electron chi connectivity index (χ3n) is 8.50. The van der Waals surface area contributed by atoms with Gasteiger partial charge < -0.3 is 47.2 Å². The summed E-state index contributed by atoms with van der Waals surface area (Å²) in [6.07, 6.45) is -0.784. The monoisotopic (exact) mass is 874 g/mol. The molecular formula is C34H48Br2N6O11. The molecule has 1 saturated heterocycles. The molecule has 0 unspecified atom stereocenters. The van der Waals surface area contributed by atoms with Crippen molar-refractivity contribution >= 4 is 79.3 Å². The molecule has 1 heterocycles. The number of benzene rings is 1. The van der Waals surface area contributed by atoms with Gasteiger partial charge in [0.1, 0.15) is 30.2 Å². The zero-order valence-corrected chi connectivity index (χ0v) is 33.1. The van der Waals surface area contributed by atoms with E-state index < -0.39 is 96.0 Å². The number of carboxylic acid groups (broad SMARTS) is 3. The summed E-state index contributed by atoms with van der Waals surface area (Å²) in [6.45, 7) is 7.06. The first-order chi connectivity index (χ1) is 24.7. The molecule has 0 bridgehead atoms. The highest BCUT2D eigenvalue weighted by Gasteiger charge is 2.40. The van der Waals surface area contributed by atoms with E-state index in [4.69, 9.17) is 15.9 Å². The Labute approximate surface area is 323 Å². The Balaban J connectivity index is 2.40. The van der Waals surface area contributed by atoms with Crippen LogP contribution in [0.3, 0.4) is 0 Å². The van der Waals surface area contributed by atoms with Crippen molar-refractivity contribution in [2.75, 3.05) is 6.54 Å². The average Bonchev–Trinajstić information content (AvgIpc) is 3.56. The first kappa shape index (κ1) is 45.1. The Morgan fingerprint density at radius 2 is 1.49 bits per heavy atom. The fraction of sp³-hybridized carbons (Fsp3) is 0.588. The fourth-order valence-corrected chi connectivity index (χ4v) is 6.55. The molecule has 17 nitrogen and oxygen atoms in total. The van der Waals surface area contributed by atoms with Crippen LogP contribution >= 0.6 is 31.9 Å². The molecule has 1 aromatic rings. The fourth-order valence-electron chi connectivity index (χ4n) is 5.71. The van der Waals surface area contributed by atoms with Crippen molar-refractivity contribution in [2.24, 2.45) is 17.6 Å². The summed E-state index contributed by atoms with van der Waals surface area (Å²) in [6, 6.07) is -2.47. The van der Waals surface area contributed by atoms with E-state index in [1.165, 1.54) is 4.90 Å². The molecule has 1 aliphatic rings. The number of nitrogens with one attached hydrogen (secondary N) is 4. The number of nitrogens with zero attached hydrogens (tertiary/aromatic N) is 1. The van der Waals surface area contributed by atoms with E-state index in [1.807, 2.05) is 13.8 Å². The van der Waals surface area contributed by atoms with Crippen molar-refractivity contribution in [1.82, 2.24) is 26.2 Å². The average molecular weight is 877 g/mol. The molecule has 0 aliphatic carbocycles. The zero-order chi connectivity index (χ0) is 40.2. The highest BCUT2D eigenvalue weighted by Crippen LogP contribution is 2.28. The van der Waals surface area contributed by atoms with E-state index in [2.05, 4.69) is 53.1 Å². The minimum atomic E-state index is -1.73. The SMILES string of the molecule is CC(C)C[C@H](NC(=O)[C@@H](NC(=O)[C@@H](N)CCC(=O)O)C(C)C)C(=O)N[C@@H](Cc1cccc(Br)c1Br)C(=O)N1CCC[C@@H]1C(=O)N[C@@H](CC(=O)O)C(=O)O. The van der Waals surface area contributed by atoms with Crippen molar-refractivity contribution in [3.63, 3.8) is 0 Å². The number of rotatable bonds is 20. The van der Waals surface area contributed by atoms with Gasteiger partial charge in [-0.2, -0.15) is 0 Å². The summed E-state index contributed by atoms with van der Waals surface area (Å²) in [4.78, 5) is 103. The highest BCUT2D eigenvalue weighted by atomic mass is 79.9. The Morgan fingerprint density at radius 3 is 2.06 bits per heavy atom. The maximum atomic E-state index is 14.2. The maximum Gasteiger partial charge on any atom is 0.326 e. The minimum Gasteiger partial charge on any atom is -0.481 e. The molecule has 0 spiro atoms. The number of aliphatic carboxylic acids is 3. The van der Waals surface area contributed by atoms with Crippen molar-refractivity contribution < 1.29 is 53.7 Å². The van der Waals surface area contributed by atoms with Gasteiger partial charge in [-0.15, -0.1) is 0 Å². The number of carbonyl (C=O) groups is 8. The first-order valence-corrected chi connectivity index (χ1v) is 18.7. The van der Waals surface area contributed by atoms with Crippen LogP contribution in [-0.2, 0) is 44.8 Å². The van der Waals surface area contributed by atoms with Crippen LogP contribution in [0, 0.1) is 11.8 Å². The third kappa shape index (κ3) is 14.0. The predicted octanol–water partition coefficient (Wildman–Crippen LogP) is 1.14. The molecule has 6 atom stereocenters. The zero-order valence-electron chi connectivity index (χ0n) is 29.9. The van der Waals surface area contributed by atoms with Crippen molar-refractivity contribution in [1.29, 1.82) is 0 Å². The number of hydrogen-bond acceptors (Lipinski definition) is 9. The summed E-state index contributed by atoms with van der Waals surface area (Å²) < 4.78 is 1.27. The molecule has 0 saturated carbocycles. The molecule has 1 aliphatic heterocycles. The predicted molar refractivity (Wildman–Crippen MR) is 197 cm³/mol. The highest BCUT2D eigenvalue weighted by molar-refractivity contribution is 9.13. The third-order valence-corrected chi connectivity index (χ3v) is 10.6. The Morgan fingerprint density at radius 1 is 0.849 bits per heavy atom. The van der Waals surface area contributed by atoms with E-state index in [0.717, 1.165) is 0 Å². The molecule has 0 radical (unpaired) electrons. The van der Waals surface area contributed by atoms with Gasteiger partial charge in [-0.25, -0.2) is 4.79 Å². The van der Waals surface area contributed by atoms with Gasteiger partial charge in [-0.3, -0.25) is 33.6 Å². The summed E-state index contributed by atoms with van der Waals surface area (Å²) in [5.74, 6) is -8.41. The van der Waals surface area contributed by atoms with Crippen LogP contribution in [0.2, 0.25) is 0 Å². The topological polar surface area (TPSA) is 275 Å². The molecule has 53 heavy (non-hydrogen) atoms. The lowest BCUT2D eigenvalue weighted by Crippen LogP contribution is -2.60. The molecule has 0 aromatic heterocycles. The smallest absolute Gasteiger partial charge is 0.326 e. The van der Waals surface area contributed by atoms with Gasteiger partial charge >= 0.3 is 17.9 Å². The number of carboxylic acids is 3. The van der Waals surface area contributed by atoms with Gasteiger partial charge in [0.15, 0.2) is 0 Å². The molecule has 19 heteroatoms. The van der Waals surface area contributed by atoms with E-state index in [-0.39, 0.29) is 44.6 Å². The lowest BCUT2D eigenvalue weighted by Gasteiger charge is -2.31. The Bertz CT molecular complexity index is 1540. The van der Waals surface area contributed by atoms with Crippen LogP contribution in [0.4, 0.5) is 0 Å². The lowest BCUT2D eigenvalue weighted by atomic mass is 9.98. The van der Waals surface area contributed by atoms with Crippen molar-refractivity contribution in [3.05, 3.63) is 32.7 Å². The van der Waals surface area contributed by atoms with Crippen LogP contribution in [0.15, 0.2) is 27.1 Å². The largest absolute Gasteiger partial charge is 0.481 e. The quantitative estimate of drug-likeness (QED) is 0.0917. The Kier molecular flexibility index (Phi) is 17.8. The second kappa shape index (κ2) is 21.0. The standard InChI is InChI=1S/C34H48Br2N6O11/c1-16(2)13-21(38-32(50)28(17(3)4)41-29(47)20(37)10-11-25(43)44)30(48)39-22(14-18-7-5-8-19(35)27(18)36)33(51)42-12-6-9-24(42)31(49)40-23(34(52)53)15-26(45)46/h5,7-8,16-17,20-24,28H,6,9-15,37H2,1-4H3,(H,38,50)(H,39,48)(H,40,49)(H,41,47)(H,43,44)(H,45,46)(H,52,53)/t20-,21-,22-,23-,24+,28-/m0/s1. The number of halogens is 2. The number of nitrogens with two attached hydrogens (primary N) is 1. The van der Waals surface area contributed by atoms with E-state index in [1.54, 1.807) is 32.0 Å². The second-order valence-electron chi connectivity index (χ2n) is 13.6. The lowest BCUT2D eigenvalue weighted by molar-refractivity contribution is -0.148. The van der Waals surface area contributed by atoms with Crippen molar-refractivity contribution in [3.8, 4) is 0 Å². The molecular weight excluding hydrogens is 828 g/mol. The second-order valence-corrected chi connectivity index (χ2v) is 15.3. The van der Waals surface area contributed by atoms with Crippen LogP contribution < -0.4 is 27.0 Å². The van der Waals surface area contributed by atoms with Gasteiger partial charge in [0.25, 0.3) is 0 Å². The van der Waals surface area contributed by atoms with E-state index >= 15 is 0 Å². The first-order valence-electron chi connectivity index (χ1n) is 17.1. The summed E-state index contributed by atoms with van der Waals surface area (Å²) >= 11 is 6.92. The van der Waals surface area contributed by atoms with E-state index in [0.29, 0.717) is 20.9 Å². The van der Waals surface area contributed by atoms with Crippen molar-refractivity contribution in [2.45, 2.75) is 109 Å². The summed E-state index contributed by atoms with van der Waals surface area (Å²) in [7, 11) is 0. The minimum absolute atomic E-state index is 0.0621. The molecule has 1 aromatic carbocycles. The molecule has 2 rings (SSSR count). The number of carbonyl (C=O) groups excluding carboxylic acids is 5. The molecule has 5 amide bonds. The van der Waals surface area contributed by atoms with Gasteiger partial charge in [0, 0.05) is 28.3 Å². The van der Waals surface area contributed by atoms with Gasteiger partial charge in [0.2, 0.25) is 29.5 Å². The number of likely N-dealkylation sites (tertiary alicyclic amines) is 1. The summed E-state index contributed by atoms with van der Waals surface area (Å²) in [5, 5.41) is 37.7. The van der Waals surface area contributed by atoms with Crippen LogP contribution in [0.25, 0.3) is 0 Å². The summed E-state index contributed by atoms with van der Waals surface area (Å²) in [5.41, 5.74) is 6.45. The van der Waals surface area contributed by atoms with E-state index in [9.17, 15) is 43.5 Å². The normalized spacial score (nSPS) is 16.9. The molecule has 9 N–H and O–H groups in total. The molecule has 1 fully saturated rings. The van der Waals surface area contributed by atoms with Gasteiger partial charge in [-0.1, -0.05) is 39.8 Å². The van der Waals surface area contributed by atoms with Gasteiger partial charge in [0.05, 0.1) is 12.5 Å². The number of amides is 5.